The van der Waals surface area contributed by atoms with Crippen LogP contribution in [0.3, 0.4) is 0 Å². The van der Waals surface area contributed by atoms with E-state index in [0.29, 0.717) is 19.1 Å². The summed E-state index contributed by atoms with van der Waals surface area (Å²) in [6.07, 6.45) is 4.11. The topological polar surface area (TPSA) is 70.5 Å². The number of rotatable bonds is 4. The molecule has 3 heterocycles. The minimum atomic E-state index is -3.44. The van der Waals surface area contributed by atoms with Gasteiger partial charge in [-0.25, -0.2) is 13.4 Å². The van der Waals surface area contributed by atoms with Gasteiger partial charge in [0.2, 0.25) is 0 Å². The summed E-state index contributed by atoms with van der Waals surface area (Å²) in [6.45, 7) is 7.86. The molecular formula is C13H24ClN5O2S. The molecule has 3 rings (SSSR count). The Morgan fingerprint density at radius 2 is 2.05 bits per heavy atom. The molecule has 1 unspecified atom stereocenters. The summed E-state index contributed by atoms with van der Waals surface area (Å²) in [5, 5.41) is 3.50. The quantitative estimate of drug-likeness (QED) is 0.828. The van der Waals surface area contributed by atoms with Crippen molar-refractivity contribution in [1.29, 1.82) is 0 Å². The fraction of sp³-hybridized carbons (Fsp3) is 0.769. The first kappa shape index (κ1) is 17.7. The highest BCUT2D eigenvalue weighted by Gasteiger charge is 2.36. The zero-order valence-corrected chi connectivity index (χ0v) is 14.4. The summed E-state index contributed by atoms with van der Waals surface area (Å²) in [5.41, 5.74) is 0. The number of hydrogen-bond donors (Lipinski definition) is 1. The maximum atomic E-state index is 12.6. The van der Waals surface area contributed by atoms with Crippen LogP contribution in [0.4, 0.5) is 0 Å². The number of sulfonamides is 1. The van der Waals surface area contributed by atoms with Gasteiger partial charge in [-0.2, -0.15) is 4.31 Å². The lowest BCUT2D eigenvalue weighted by atomic mass is 10.2. The maximum Gasteiger partial charge on any atom is 0.262 e. The molecule has 7 nitrogen and oxygen atoms in total. The van der Waals surface area contributed by atoms with Crippen molar-refractivity contribution < 1.29 is 8.42 Å². The van der Waals surface area contributed by atoms with Gasteiger partial charge in [-0.05, 0) is 13.3 Å². The number of halogens is 1. The highest BCUT2D eigenvalue weighted by atomic mass is 35.5. The van der Waals surface area contributed by atoms with Crippen molar-refractivity contribution in [2.24, 2.45) is 0 Å². The van der Waals surface area contributed by atoms with E-state index in [1.54, 1.807) is 21.4 Å². The predicted octanol–water partition coefficient (Wildman–Crippen LogP) is -0.00700. The van der Waals surface area contributed by atoms with Crippen LogP contribution in [-0.2, 0) is 16.6 Å². The van der Waals surface area contributed by atoms with Crippen LogP contribution in [-0.4, -0.2) is 72.5 Å². The average Bonchev–Trinajstić information content (AvgIpc) is 3.18. The van der Waals surface area contributed by atoms with Crippen molar-refractivity contribution in [3.8, 4) is 0 Å². The molecule has 9 heteroatoms. The van der Waals surface area contributed by atoms with E-state index in [2.05, 4.69) is 15.2 Å². The van der Waals surface area contributed by atoms with Gasteiger partial charge in [-0.3, -0.25) is 4.90 Å². The Labute approximate surface area is 138 Å². The fourth-order valence-corrected chi connectivity index (χ4v) is 4.48. The molecular weight excluding hydrogens is 326 g/mol. The monoisotopic (exact) mass is 349 g/mol. The second-order valence-electron chi connectivity index (χ2n) is 5.63. The van der Waals surface area contributed by atoms with Gasteiger partial charge < -0.3 is 9.88 Å². The van der Waals surface area contributed by atoms with Crippen LogP contribution in [0, 0.1) is 0 Å². The molecule has 0 saturated carbocycles. The molecule has 0 spiro atoms. The lowest BCUT2D eigenvalue weighted by Gasteiger charge is -2.32. The summed E-state index contributed by atoms with van der Waals surface area (Å²) in [4.78, 5) is 6.45. The highest BCUT2D eigenvalue weighted by Crippen LogP contribution is 2.23. The second-order valence-corrected chi connectivity index (χ2v) is 7.52. The summed E-state index contributed by atoms with van der Waals surface area (Å²) in [7, 11) is -3.44. The number of hydrogen-bond acceptors (Lipinski definition) is 5. The van der Waals surface area contributed by atoms with E-state index < -0.39 is 10.0 Å². The molecule has 2 aliphatic rings. The lowest BCUT2D eigenvalue weighted by Crippen LogP contribution is -2.49. The second kappa shape index (κ2) is 7.27. The number of piperazine rings is 1. The molecule has 0 radical (unpaired) electrons. The number of imidazole rings is 1. The lowest BCUT2D eigenvalue weighted by molar-refractivity contribution is 0.179. The Morgan fingerprint density at radius 3 is 2.68 bits per heavy atom. The molecule has 0 aliphatic carbocycles. The normalized spacial score (nSPS) is 24.3. The Morgan fingerprint density at radius 1 is 1.32 bits per heavy atom. The van der Waals surface area contributed by atoms with E-state index >= 15 is 0 Å². The molecule has 0 bridgehead atoms. The third-order valence-corrected chi connectivity index (χ3v) is 6.12. The van der Waals surface area contributed by atoms with Gasteiger partial charge >= 0.3 is 0 Å². The van der Waals surface area contributed by atoms with Crippen LogP contribution in [0.1, 0.15) is 13.3 Å². The van der Waals surface area contributed by atoms with E-state index in [9.17, 15) is 8.42 Å². The first-order valence-electron chi connectivity index (χ1n) is 7.58. The molecule has 22 heavy (non-hydrogen) atoms. The summed E-state index contributed by atoms with van der Waals surface area (Å²) >= 11 is 0. The smallest absolute Gasteiger partial charge is 0.262 e. The standard InChI is InChI=1S/C13H23N5O2S.ClH/c1-2-16-10-13(15-11-16)21(19,20)18-6-3-12(9-18)17-7-4-14-5-8-17;/h10-12,14H,2-9H2,1H3;1H. The first-order valence-corrected chi connectivity index (χ1v) is 9.02. The van der Waals surface area contributed by atoms with Crippen LogP contribution in [0.15, 0.2) is 17.6 Å². The van der Waals surface area contributed by atoms with E-state index in [1.165, 1.54) is 0 Å². The van der Waals surface area contributed by atoms with E-state index in [0.717, 1.165) is 39.1 Å². The van der Waals surface area contributed by atoms with Gasteiger partial charge in [0.15, 0.2) is 5.03 Å². The predicted molar refractivity (Wildman–Crippen MR) is 86.8 cm³/mol. The van der Waals surface area contributed by atoms with Crippen molar-refractivity contribution in [2.45, 2.75) is 31.0 Å². The molecule has 1 aromatic heterocycles. The van der Waals surface area contributed by atoms with Crippen molar-refractivity contribution in [3.05, 3.63) is 12.5 Å². The molecule has 0 aromatic carbocycles. The average molecular weight is 350 g/mol. The fourth-order valence-electron chi connectivity index (χ4n) is 3.05. The summed E-state index contributed by atoms with van der Waals surface area (Å²) in [5.74, 6) is 0. The van der Waals surface area contributed by atoms with Crippen molar-refractivity contribution in [1.82, 2.24) is 24.1 Å². The molecule has 2 fully saturated rings. The minimum absolute atomic E-state index is 0. The van der Waals surface area contributed by atoms with Crippen LogP contribution < -0.4 is 5.32 Å². The van der Waals surface area contributed by atoms with E-state index in [1.807, 2.05) is 6.92 Å². The minimum Gasteiger partial charge on any atom is -0.336 e. The SMILES string of the molecule is CCn1cnc(S(=O)(=O)N2CCC(N3CCNCC3)C2)c1.Cl. The Bertz CT molecular complexity index is 585. The van der Waals surface area contributed by atoms with Crippen LogP contribution in [0.2, 0.25) is 0 Å². The molecule has 1 N–H and O–H groups in total. The summed E-state index contributed by atoms with van der Waals surface area (Å²) < 4.78 is 28.6. The van der Waals surface area contributed by atoms with Crippen molar-refractivity contribution in [3.63, 3.8) is 0 Å². The summed E-state index contributed by atoms with van der Waals surface area (Å²) in [6, 6.07) is 0.343. The van der Waals surface area contributed by atoms with Gasteiger partial charge in [0.25, 0.3) is 10.0 Å². The Kier molecular flexibility index (Phi) is 5.84. The van der Waals surface area contributed by atoms with Crippen molar-refractivity contribution in [2.75, 3.05) is 39.3 Å². The van der Waals surface area contributed by atoms with Gasteiger partial charge in [-0.1, -0.05) is 0 Å². The zero-order chi connectivity index (χ0) is 14.9. The molecule has 0 amide bonds. The van der Waals surface area contributed by atoms with Gasteiger partial charge in [0.05, 0.1) is 6.33 Å². The molecule has 126 valence electrons. The molecule has 1 aromatic rings. The first-order chi connectivity index (χ1) is 10.1. The van der Waals surface area contributed by atoms with Gasteiger partial charge in [0.1, 0.15) is 0 Å². The van der Waals surface area contributed by atoms with Gasteiger partial charge in [-0.15, -0.1) is 12.4 Å². The number of aryl methyl sites for hydroxylation is 1. The van der Waals surface area contributed by atoms with Crippen LogP contribution in [0.5, 0.6) is 0 Å². The number of aromatic nitrogens is 2. The molecule has 1 atom stereocenters. The zero-order valence-electron chi connectivity index (χ0n) is 12.8. The third-order valence-electron chi connectivity index (χ3n) is 4.37. The van der Waals surface area contributed by atoms with E-state index in [4.69, 9.17) is 0 Å². The van der Waals surface area contributed by atoms with Crippen molar-refractivity contribution >= 4 is 22.4 Å². The Balaban J connectivity index is 0.00000176. The highest BCUT2D eigenvalue weighted by molar-refractivity contribution is 7.89. The van der Waals surface area contributed by atoms with Crippen LogP contribution >= 0.6 is 12.4 Å². The molecule has 2 aliphatic heterocycles. The molecule has 2 saturated heterocycles. The Hall–Kier alpha value is -0.670. The largest absolute Gasteiger partial charge is 0.336 e. The number of nitrogens with one attached hydrogen (secondary N) is 1. The van der Waals surface area contributed by atoms with Gasteiger partial charge in [0, 0.05) is 58.1 Å². The third kappa shape index (κ3) is 3.46. The van der Waals surface area contributed by atoms with Crippen LogP contribution in [0.25, 0.3) is 0 Å². The van der Waals surface area contributed by atoms with E-state index in [-0.39, 0.29) is 17.4 Å². The maximum absolute atomic E-state index is 12.6. The number of nitrogens with zero attached hydrogens (tertiary/aromatic N) is 4.